The zero-order valence-corrected chi connectivity index (χ0v) is 11.6. The van der Waals surface area contributed by atoms with Gasteiger partial charge in [0.2, 0.25) is 11.8 Å². The van der Waals surface area contributed by atoms with E-state index in [-0.39, 0.29) is 24.5 Å². The third-order valence-corrected chi connectivity index (χ3v) is 3.62. The van der Waals surface area contributed by atoms with E-state index in [1.807, 2.05) is 13.8 Å². The molecule has 2 amide bonds. The molecule has 1 fully saturated rings. The van der Waals surface area contributed by atoms with Crippen molar-refractivity contribution in [1.29, 1.82) is 0 Å². The predicted octanol–water partition coefficient (Wildman–Crippen LogP) is 0.487. The van der Waals surface area contributed by atoms with Crippen LogP contribution in [0.5, 0.6) is 0 Å². The second-order valence-corrected chi connectivity index (χ2v) is 5.33. The molecule has 0 aromatic carbocycles. The van der Waals surface area contributed by atoms with Crippen LogP contribution in [0.25, 0.3) is 0 Å². The number of piperidine rings is 1. The Morgan fingerprint density at radius 3 is 2.61 bits per heavy atom. The molecule has 0 spiro atoms. The minimum absolute atomic E-state index is 0.00181. The molecule has 1 rings (SSSR count). The summed E-state index contributed by atoms with van der Waals surface area (Å²) in [6.45, 7) is 6.84. The van der Waals surface area contributed by atoms with Gasteiger partial charge in [0.25, 0.3) is 0 Å². The van der Waals surface area contributed by atoms with E-state index in [1.165, 1.54) is 0 Å². The van der Waals surface area contributed by atoms with Crippen LogP contribution in [-0.4, -0.2) is 41.9 Å². The van der Waals surface area contributed by atoms with Gasteiger partial charge in [-0.25, -0.2) is 0 Å². The Hall–Kier alpha value is -1.10. The van der Waals surface area contributed by atoms with E-state index in [9.17, 15) is 9.59 Å². The molecule has 0 bridgehead atoms. The van der Waals surface area contributed by atoms with Crippen molar-refractivity contribution in [2.45, 2.75) is 52.1 Å². The Bertz CT molecular complexity index is 305. The fourth-order valence-electron chi connectivity index (χ4n) is 2.44. The lowest BCUT2D eigenvalue weighted by atomic mass is 9.89. The number of hydrogen-bond acceptors (Lipinski definition) is 3. The molecule has 0 aromatic rings. The SMILES string of the molecule is CCC1CCNC(C(=O)N(CC(N)=O)C(C)C)C1. The van der Waals surface area contributed by atoms with Gasteiger partial charge in [0.15, 0.2) is 0 Å². The quantitative estimate of drug-likeness (QED) is 0.750. The Morgan fingerprint density at radius 1 is 1.44 bits per heavy atom. The molecule has 0 aliphatic carbocycles. The number of amides is 2. The first kappa shape index (κ1) is 15.0. The normalized spacial score (nSPS) is 24.0. The van der Waals surface area contributed by atoms with Gasteiger partial charge in [-0.2, -0.15) is 0 Å². The summed E-state index contributed by atoms with van der Waals surface area (Å²) in [6.07, 6.45) is 3.08. The number of carbonyl (C=O) groups is 2. The highest BCUT2D eigenvalue weighted by molar-refractivity contribution is 5.87. The van der Waals surface area contributed by atoms with Crippen molar-refractivity contribution in [2.75, 3.05) is 13.1 Å². The third kappa shape index (κ3) is 3.98. The summed E-state index contributed by atoms with van der Waals surface area (Å²) in [5.74, 6) is 0.143. The van der Waals surface area contributed by atoms with E-state index in [0.29, 0.717) is 5.92 Å². The number of nitrogens with zero attached hydrogens (tertiary/aromatic N) is 1. The lowest BCUT2D eigenvalue weighted by Gasteiger charge is -2.34. The van der Waals surface area contributed by atoms with Crippen LogP contribution in [0.3, 0.4) is 0 Å². The van der Waals surface area contributed by atoms with Gasteiger partial charge in [0.05, 0.1) is 12.6 Å². The highest BCUT2D eigenvalue weighted by atomic mass is 16.2. The van der Waals surface area contributed by atoms with Crippen molar-refractivity contribution in [3.05, 3.63) is 0 Å². The summed E-state index contributed by atoms with van der Waals surface area (Å²) in [5, 5.41) is 3.25. The van der Waals surface area contributed by atoms with Crippen LogP contribution >= 0.6 is 0 Å². The standard InChI is InChI=1S/C13H25N3O2/c1-4-10-5-6-15-11(7-10)13(18)16(9(2)3)8-12(14)17/h9-11,15H,4-8H2,1-3H3,(H2,14,17). The summed E-state index contributed by atoms with van der Waals surface area (Å²) < 4.78 is 0. The van der Waals surface area contributed by atoms with E-state index < -0.39 is 5.91 Å². The maximum absolute atomic E-state index is 12.4. The average Bonchev–Trinajstić information content (AvgIpc) is 2.34. The van der Waals surface area contributed by atoms with Crippen LogP contribution in [-0.2, 0) is 9.59 Å². The van der Waals surface area contributed by atoms with Crippen LogP contribution in [0.1, 0.15) is 40.0 Å². The van der Waals surface area contributed by atoms with E-state index in [0.717, 1.165) is 25.8 Å². The molecule has 5 nitrogen and oxygen atoms in total. The van der Waals surface area contributed by atoms with Crippen LogP contribution in [0.4, 0.5) is 0 Å². The second-order valence-electron chi connectivity index (χ2n) is 5.33. The van der Waals surface area contributed by atoms with Gasteiger partial charge in [0, 0.05) is 6.04 Å². The van der Waals surface area contributed by atoms with Gasteiger partial charge in [-0.15, -0.1) is 0 Å². The zero-order valence-electron chi connectivity index (χ0n) is 11.6. The summed E-state index contributed by atoms with van der Waals surface area (Å²) in [5.41, 5.74) is 5.20. The monoisotopic (exact) mass is 255 g/mol. The zero-order chi connectivity index (χ0) is 13.7. The average molecular weight is 255 g/mol. The number of rotatable bonds is 5. The molecule has 18 heavy (non-hydrogen) atoms. The molecule has 1 heterocycles. The lowest BCUT2D eigenvalue weighted by molar-refractivity contribution is -0.139. The van der Waals surface area contributed by atoms with E-state index in [2.05, 4.69) is 12.2 Å². The largest absolute Gasteiger partial charge is 0.368 e. The molecule has 1 saturated heterocycles. The topological polar surface area (TPSA) is 75.4 Å². The van der Waals surface area contributed by atoms with E-state index >= 15 is 0 Å². The Labute approximate surface area is 109 Å². The lowest BCUT2D eigenvalue weighted by Crippen LogP contribution is -2.54. The molecule has 5 heteroatoms. The number of hydrogen-bond donors (Lipinski definition) is 2. The van der Waals surface area contributed by atoms with Gasteiger partial charge in [-0.05, 0) is 39.2 Å². The Kier molecular flexibility index (Phi) is 5.59. The number of nitrogens with one attached hydrogen (secondary N) is 1. The van der Waals surface area contributed by atoms with Crippen LogP contribution in [0, 0.1) is 5.92 Å². The number of nitrogens with two attached hydrogens (primary N) is 1. The fourth-order valence-corrected chi connectivity index (χ4v) is 2.44. The van der Waals surface area contributed by atoms with Crippen molar-refractivity contribution in [3.8, 4) is 0 Å². The third-order valence-electron chi connectivity index (χ3n) is 3.62. The van der Waals surface area contributed by atoms with Crippen LogP contribution in [0.2, 0.25) is 0 Å². The molecule has 3 N–H and O–H groups in total. The molecule has 104 valence electrons. The Balaban J connectivity index is 2.67. The van der Waals surface area contributed by atoms with Gasteiger partial charge >= 0.3 is 0 Å². The first-order valence-corrected chi connectivity index (χ1v) is 6.77. The summed E-state index contributed by atoms with van der Waals surface area (Å²) in [4.78, 5) is 25.0. The molecule has 0 radical (unpaired) electrons. The first-order valence-electron chi connectivity index (χ1n) is 6.77. The minimum Gasteiger partial charge on any atom is -0.368 e. The smallest absolute Gasteiger partial charge is 0.240 e. The Morgan fingerprint density at radius 2 is 2.11 bits per heavy atom. The van der Waals surface area contributed by atoms with E-state index in [4.69, 9.17) is 5.73 Å². The van der Waals surface area contributed by atoms with Gasteiger partial charge in [-0.1, -0.05) is 13.3 Å². The highest BCUT2D eigenvalue weighted by Gasteiger charge is 2.30. The summed E-state index contributed by atoms with van der Waals surface area (Å²) in [6, 6.07) is -0.167. The minimum atomic E-state index is -0.458. The number of carbonyl (C=O) groups excluding carboxylic acids is 2. The van der Waals surface area contributed by atoms with E-state index in [1.54, 1.807) is 4.90 Å². The number of primary amides is 1. The van der Waals surface area contributed by atoms with Gasteiger partial charge < -0.3 is 16.0 Å². The molecule has 0 aromatic heterocycles. The maximum Gasteiger partial charge on any atom is 0.240 e. The molecule has 1 aliphatic rings. The van der Waals surface area contributed by atoms with Crippen molar-refractivity contribution in [1.82, 2.24) is 10.2 Å². The van der Waals surface area contributed by atoms with Gasteiger partial charge in [0.1, 0.15) is 0 Å². The molecule has 2 unspecified atom stereocenters. The second kappa shape index (κ2) is 6.73. The van der Waals surface area contributed by atoms with Crippen molar-refractivity contribution < 1.29 is 9.59 Å². The summed E-state index contributed by atoms with van der Waals surface area (Å²) in [7, 11) is 0. The highest BCUT2D eigenvalue weighted by Crippen LogP contribution is 2.20. The van der Waals surface area contributed by atoms with Crippen molar-refractivity contribution >= 4 is 11.8 Å². The molecule has 2 atom stereocenters. The molecular formula is C13H25N3O2. The van der Waals surface area contributed by atoms with Crippen molar-refractivity contribution in [3.63, 3.8) is 0 Å². The van der Waals surface area contributed by atoms with Crippen LogP contribution in [0.15, 0.2) is 0 Å². The molecule has 1 aliphatic heterocycles. The molecule has 0 saturated carbocycles. The van der Waals surface area contributed by atoms with Crippen LogP contribution < -0.4 is 11.1 Å². The first-order chi connectivity index (χ1) is 8.45. The predicted molar refractivity (Wildman–Crippen MR) is 70.8 cm³/mol. The maximum atomic E-state index is 12.4. The fraction of sp³-hybridized carbons (Fsp3) is 0.846. The van der Waals surface area contributed by atoms with Gasteiger partial charge in [-0.3, -0.25) is 9.59 Å². The molecular weight excluding hydrogens is 230 g/mol. The summed E-state index contributed by atoms with van der Waals surface area (Å²) >= 11 is 0. The van der Waals surface area contributed by atoms with Crippen molar-refractivity contribution in [2.24, 2.45) is 11.7 Å².